The monoisotopic (exact) mass is 207 g/mol. The van der Waals surface area contributed by atoms with Crippen LogP contribution >= 0.6 is 0 Å². The molecule has 1 atom stereocenters. The molecule has 0 saturated carbocycles. The summed E-state index contributed by atoms with van der Waals surface area (Å²) < 4.78 is 5.44. The molecule has 1 aliphatic heterocycles. The van der Waals surface area contributed by atoms with Crippen LogP contribution in [0.4, 0.5) is 0 Å². The third-order valence-electron chi connectivity index (χ3n) is 2.66. The molecule has 0 aromatic heterocycles. The molecule has 0 fully saturated rings. The zero-order chi connectivity index (χ0) is 10.8. The van der Waals surface area contributed by atoms with E-state index in [0.717, 1.165) is 12.0 Å². The molecule has 1 aromatic rings. The van der Waals surface area contributed by atoms with Crippen molar-refractivity contribution in [1.82, 2.24) is 5.32 Å². The molecule has 2 N–H and O–H groups in total. The average molecular weight is 207 g/mol. The van der Waals surface area contributed by atoms with E-state index in [9.17, 15) is 4.79 Å². The quantitative estimate of drug-likeness (QED) is 0.770. The Kier molecular flexibility index (Phi) is 2.60. The summed E-state index contributed by atoms with van der Waals surface area (Å²) in [5.41, 5.74) is 1.09. The van der Waals surface area contributed by atoms with Crippen LogP contribution in [0.1, 0.15) is 28.4 Å². The molecule has 1 aliphatic rings. The number of hydrogen-bond donors (Lipinski definition) is 2. The van der Waals surface area contributed by atoms with E-state index in [1.54, 1.807) is 12.1 Å². The van der Waals surface area contributed by atoms with Crippen LogP contribution in [0.25, 0.3) is 0 Å². The van der Waals surface area contributed by atoms with Crippen LogP contribution in [0.3, 0.4) is 0 Å². The Morgan fingerprint density at radius 3 is 3.07 bits per heavy atom. The second-order valence-electron chi connectivity index (χ2n) is 3.50. The number of aromatic carboxylic acids is 1. The van der Waals surface area contributed by atoms with Crippen molar-refractivity contribution in [3.63, 3.8) is 0 Å². The number of carboxylic acids is 1. The van der Waals surface area contributed by atoms with Crippen molar-refractivity contribution in [1.29, 1.82) is 0 Å². The first-order valence-corrected chi connectivity index (χ1v) is 4.90. The second kappa shape index (κ2) is 3.90. The lowest BCUT2D eigenvalue weighted by molar-refractivity contribution is 0.0692. The summed E-state index contributed by atoms with van der Waals surface area (Å²) in [4.78, 5) is 11.1. The van der Waals surface area contributed by atoms with Crippen LogP contribution in [0, 0.1) is 0 Å². The molecule has 0 amide bonds. The fourth-order valence-electron chi connectivity index (χ4n) is 1.94. The van der Waals surface area contributed by atoms with Gasteiger partial charge in [0.15, 0.2) is 0 Å². The highest BCUT2D eigenvalue weighted by Crippen LogP contribution is 2.34. The number of benzene rings is 1. The summed E-state index contributed by atoms with van der Waals surface area (Å²) in [6, 6.07) is 5.20. The maximum atomic E-state index is 11.1. The maximum absolute atomic E-state index is 11.1. The molecule has 0 spiro atoms. The maximum Gasteiger partial charge on any atom is 0.336 e. The van der Waals surface area contributed by atoms with Crippen LogP contribution < -0.4 is 10.1 Å². The summed E-state index contributed by atoms with van der Waals surface area (Å²) in [6.45, 7) is 0.627. The zero-order valence-electron chi connectivity index (χ0n) is 8.49. The minimum Gasteiger partial charge on any atom is -0.493 e. The topological polar surface area (TPSA) is 58.6 Å². The van der Waals surface area contributed by atoms with Crippen molar-refractivity contribution in [2.75, 3.05) is 13.7 Å². The van der Waals surface area contributed by atoms with Gasteiger partial charge >= 0.3 is 5.97 Å². The van der Waals surface area contributed by atoms with Gasteiger partial charge < -0.3 is 15.2 Å². The normalized spacial score (nSPS) is 19.1. The van der Waals surface area contributed by atoms with Gasteiger partial charge in [-0.05, 0) is 19.2 Å². The Hall–Kier alpha value is -1.55. The highest BCUT2D eigenvalue weighted by Gasteiger charge is 2.25. The lowest BCUT2D eigenvalue weighted by Crippen LogP contribution is -2.26. The third-order valence-corrected chi connectivity index (χ3v) is 2.66. The Bertz CT molecular complexity index is 389. The molecule has 4 nitrogen and oxygen atoms in total. The molecular formula is C11H13NO3. The fraction of sp³-hybridized carbons (Fsp3) is 0.364. The Balaban J connectivity index is 2.54. The van der Waals surface area contributed by atoms with Crippen molar-refractivity contribution in [3.05, 3.63) is 29.3 Å². The summed E-state index contributed by atoms with van der Waals surface area (Å²) >= 11 is 0. The largest absolute Gasteiger partial charge is 0.493 e. The van der Waals surface area contributed by atoms with Crippen molar-refractivity contribution >= 4 is 5.97 Å². The van der Waals surface area contributed by atoms with Gasteiger partial charge in [-0.15, -0.1) is 0 Å². The molecule has 15 heavy (non-hydrogen) atoms. The summed E-state index contributed by atoms with van der Waals surface area (Å²) in [5.74, 6) is -0.224. The van der Waals surface area contributed by atoms with Crippen LogP contribution in [0.5, 0.6) is 5.75 Å². The van der Waals surface area contributed by atoms with Crippen molar-refractivity contribution in [3.8, 4) is 5.75 Å². The average Bonchev–Trinajstić information content (AvgIpc) is 2.27. The fourth-order valence-corrected chi connectivity index (χ4v) is 1.94. The van der Waals surface area contributed by atoms with Gasteiger partial charge in [-0.1, -0.05) is 6.07 Å². The SMILES string of the molecule is CNC1CCOc2cccc(C(=O)O)c21. The van der Waals surface area contributed by atoms with Gasteiger partial charge in [0.1, 0.15) is 5.75 Å². The summed E-state index contributed by atoms with van der Waals surface area (Å²) in [7, 11) is 1.83. The molecule has 1 aromatic carbocycles. The second-order valence-corrected chi connectivity index (χ2v) is 3.50. The smallest absolute Gasteiger partial charge is 0.336 e. The standard InChI is InChI=1S/C11H13NO3/c1-12-8-5-6-15-9-4-2-3-7(10(8)9)11(13)14/h2-4,8,12H,5-6H2,1H3,(H,13,14). The molecule has 0 saturated heterocycles. The highest BCUT2D eigenvalue weighted by atomic mass is 16.5. The molecule has 4 heteroatoms. The van der Waals surface area contributed by atoms with Gasteiger partial charge in [-0.25, -0.2) is 4.79 Å². The zero-order valence-corrected chi connectivity index (χ0v) is 8.49. The first-order chi connectivity index (χ1) is 7.24. The lowest BCUT2D eigenvalue weighted by Gasteiger charge is -2.26. The first-order valence-electron chi connectivity index (χ1n) is 4.90. The van der Waals surface area contributed by atoms with Crippen LogP contribution in [-0.4, -0.2) is 24.7 Å². The molecule has 1 heterocycles. The predicted molar refractivity (Wildman–Crippen MR) is 55.3 cm³/mol. The van der Waals surface area contributed by atoms with E-state index in [0.29, 0.717) is 17.9 Å². The van der Waals surface area contributed by atoms with E-state index in [1.807, 2.05) is 13.1 Å². The van der Waals surface area contributed by atoms with Gasteiger partial charge in [0.2, 0.25) is 0 Å². The first kappa shape index (κ1) is 9.98. The molecule has 0 aliphatic carbocycles. The van der Waals surface area contributed by atoms with Crippen LogP contribution in [-0.2, 0) is 0 Å². The number of rotatable bonds is 2. The van der Waals surface area contributed by atoms with E-state index in [1.165, 1.54) is 0 Å². The van der Waals surface area contributed by atoms with Gasteiger partial charge in [-0.2, -0.15) is 0 Å². The minimum atomic E-state index is -0.905. The number of fused-ring (bicyclic) bond motifs is 1. The van der Waals surface area contributed by atoms with Crippen LogP contribution in [0.2, 0.25) is 0 Å². The van der Waals surface area contributed by atoms with Gasteiger partial charge in [0.25, 0.3) is 0 Å². The summed E-state index contributed by atoms with van der Waals surface area (Å²) in [6.07, 6.45) is 0.799. The number of ether oxygens (including phenoxy) is 1. The van der Waals surface area contributed by atoms with E-state index in [4.69, 9.17) is 9.84 Å². The van der Waals surface area contributed by atoms with Crippen molar-refractivity contribution in [2.45, 2.75) is 12.5 Å². The Labute approximate surface area is 87.9 Å². The van der Waals surface area contributed by atoms with Gasteiger partial charge in [0, 0.05) is 18.0 Å². The van der Waals surface area contributed by atoms with Crippen LogP contribution in [0.15, 0.2) is 18.2 Å². The highest BCUT2D eigenvalue weighted by molar-refractivity contribution is 5.90. The van der Waals surface area contributed by atoms with E-state index >= 15 is 0 Å². The van der Waals surface area contributed by atoms with E-state index in [-0.39, 0.29) is 6.04 Å². The van der Waals surface area contributed by atoms with E-state index in [2.05, 4.69) is 5.32 Å². The van der Waals surface area contributed by atoms with Crippen molar-refractivity contribution in [2.24, 2.45) is 0 Å². The van der Waals surface area contributed by atoms with Gasteiger partial charge in [-0.3, -0.25) is 0 Å². The molecule has 1 unspecified atom stereocenters. The lowest BCUT2D eigenvalue weighted by atomic mass is 9.95. The molecule has 2 rings (SSSR count). The Morgan fingerprint density at radius 2 is 2.40 bits per heavy atom. The molecule has 80 valence electrons. The third kappa shape index (κ3) is 1.68. The number of carbonyl (C=O) groups is 1. The predicted octanol–water partition coefficient (Wildman–Crippen LogP) is 1.43. The number of hydrogen-bond acceptors (Lipinski definition) is 3. The number of carboxylic acid groups (broad SMARTS) is 1. The molecule has 0 radical (unpaired) electrons. The van der Waals surface area contributed by atoms with Gasteiger partial charge in [0.05, 0.1) is 12.2 Å². The number of nitrogens with one attached hydrogen (secondary N) is 1. The van der Waals surface area contributed by atoms with Crippen molar-refractivity contribution < 1.29 is 14.6 Å². The van der Waals surface area contributed by atoms with E-state index < -0.39 is 5.97 Å². The molecule has 0 bridgehead atoms. The minimum absolute atomic E-state index is 0.0704. The summed E-state index contributed by atoms with van der Waals surface area (Å²) in [5, 5.41) is 12.2. The molecular weight excluding hydrogens is 194 g/mol. The Morgan fingerprint density at radius 1 is 1.60 bits per heavy atom.